The third kappa shape index (κ3) is 4.34. The van der Waals surface area contributed by atoms with Crippen molar-refractivity contribution >= 4 is 29.5 Å². The van der Waals surface area contributed by atoms with Crippen LogP contribution in [0.4, 0.5) is 0 Å². The summed E-state index contributed by atoms with van der Waals surface area (Å²) in [6, 6.07) is -0.510. The largest absolute Gasteiger partial charge is 0.396 e. The van der Waals surface area contributed by atoms with Crippen LogP contribution >= 0.6 is 11.8 Å². The molecule has 6 atom stereocenters. The van der Waals surface area contributed by atoms with Gasteiger partial charge in [-0.25, -0.2) is 0 Å². The number of likely N-dealkylation sites (tertiary alicyclic amines) is 1. The van der Waals surface area contributed by atoms with Crippen LogP contribution in [0.5, 0.6) is 0 Å². The molecule has 0 saturated carbocycles. The lowest BCUT2D eigenvalue weighted by atomic mass is 9.66. The molecule has 3 heterocycles. The molecular weight excluding hydrogens is 414 g/mol. The Hall–Kier alpha value is -1.28. The second-order valence-corrected chi connectivity index (χ2v) is 10.9. The van der Waals surface area contributed by atoms with Crippen LogP contribution in [0.15, 0.2) is 0 Å². The Bertz CT molecular complexity index is 675. The molecule has 31 heavy (non-hydrogen) atoms. The zero-order chi connectivity index (χ0) is 22.6. The number of rotatable bonds is 12. The highest BCUT2D eigenvalue weighted by atomic mass is 32.2. The highest BCUT2D eigenvalue weighted by Crippen LogP contribution is 2.68. The normalized spacial score (nSPS) is 33.6. The molecule has 176 valence electrons. The third-order valence-electron chi connectivity index (χ3n) is 7.43. The summed E-state index contributed by atoms with van der Waals surface area (Å²) in [6.07, 6.45) is 7.36. The van der Waals surface area contributed by atoms with Crippen LogP contribution in [-0.4, -0.2) is 70.5 Å². The van der Waals surface area contributed by atoms with Gasteiger partial charge in [-0.2, -0.15) is 0 Å². The molecular formula is C23H39N3O4S. The summed E-state index contributed by atoms with van der Waals surface area (Å²) < 4.78 is -0.515. The van der Waals surface area contributed by atoms with E-state index in [1.165, 1.54) is 0 Å². The topological polar surface area (TPSA) is 98.7 Å². The molecule has 3 saturated heterocycles. The predicted octanol–water partition coefficient (Wildman–Crippen LogP) is 1.93. The number of carbonyl (C=O) groups excluding carboxylic acids is 3. The average molecular weight is 454 g/mol. The third-order valence-corrected chi connectivity index (χ3v) is 9.51. The Morgan fingerprint density at radius 2 is 1.90 bits per heavy atom. The van der Waals surface area contributed by atoms with Crippen LogP contribution in [-0.2, 0) is 14.4 Å². The van der Waals surface area contributed by atoms with E-state index in [1.54, 1.807) is 23.7 Å². The van der Waals surface area contributed by atoms with E-state index in [-0.39, 0.29) is 41.4 Å². The van der Waals surface area contributed by atoms with Crippen molar-refractivity contribution in [3.63, 3.8) is 0 Å². The summed E-state index contributed by atoms with van der Waals surface area (Å²) in [4.78, 5) is 41.7. The van der Waals surface area contributed by atoms with E-state index >= 15 is 0 Å². The molecule has 8 heteroatoms. The van der Waals surface area contributed by atoms with Crippen LogP contribution in [0.3, 0.4) is 0 Å². The van der Waals surface area contributed by atoms with Gasteiger partial charge in [-0.3, -0.25) is 14.4 Å². The SMILES string of the molecule is CCCCCNC(=O)C1N(CCCCCCO)C(=O)[C@@H]2[C@@H](C(=O)NC)[C@H]3CC(C)C12S3. The number of unbranched alkanes of at least 4 members (excludes halogenated alkanes) is 5. The number of nitrogens with zero attached hydrogens (tertiary/aromatic N) is 1. The number of thioether (sulfide) groups is 1. The minimum atomic E-state index is -0.515. The number of hydrogen-bond donors (Lipinski definition) is 3. The maximum absolute atomic E-state index is 13.7. The van der Waals surface area contributed by atoms with Crippen molar-refractivity contribution in [3.8, 4) is 0 Å². The van der Waals surface area contributed by atoms with Crippen molar-refractivity contribution in [1.82, 2.24) is 15.5 Å². The molecule has 3 unspecified atom stereocenters. The lowest BCUT2D eigenvalue weighted by Gasteiger charge is -2.38. The van der Waals surface area contributed by atoms with E-state index in [9.17, 15) is 14.4 Å². The minimum Gasteiger partial charge on any atom is -0.396 e. The van der Waals surface area contributed by atoms with E-state index in [2.05, 4.69) is 24.5 Å². The molecule has 3 N–H and O–H groups in total. The molecule has 0 aromatic rings. The molecule has 3 rings (SSSR count). The highest BCUT2D eigenvalue weighted by Gasteiger charge is 2.75. The summed E-state index contributed by atoms with van der Waals surface area (Å²) in [5.74, 6) is -0.714. The fourth-order valence-corrected chi connectivity index (χ4v) is 8.38. The zero-order valence-electron chi connectivity index (χ0n) is 19.2. The van der Waals surface area contributed by atoms with E-state index < -0.39 is 16.7 Å². The molecule has 3 fully saturated rings. The quantitative estimate of drug-likeness (QED) is 0.392. The molecule has 0 aromatic carbocycles. The standard InChI is InChI=1S/C23H39N3O4S/c1-4-5-8-11-25-21(29)19-23-15(2)14-16(31-23)17(20(28)24-3)18(23)22(30)26(19)12-9-6-7-10-13-27/h15-19,27H,4-14H2,1-3H3,(H,24,28)(H,25,29)/t15?,16-,17+,18+,19?,23?/m1/s1. The van der Waals surface area contributed by atoms with Crippen molar-refractivity contribution in [2.24, 2.45) is 17.8 Å². The summed E-state index contributed by atoms with van der Waals surface area (Å²) in [7, 11) is 1.63. The Balaban J connectivity index is 1.84. The molecule has 3 amide bonds. The van der Waals surface area contributed by atoms with Gasteiger partial charge in [0, 0.05) is 32.0 Å². The first-order valence-corrected chi connectivity index (χ1v) is 12.9. The maximum atomic E-state index is 13.7. The first-order valence-electron chi connectivity index (χ1n) is 12.0. The smallest absolute Gasteiger partial charge is 0.244 e. The lowest BCUT2D eigenvalue weighted by Crippen LogP contribution is -2.56. The summed E-state index contributed by atoms with van der Waals surface area (Å²) >= 11 is 1.73. The lowest BCUT2D eigenvalue weighted by molar-refractivity contribution is -0.140. The monoisotopic (exact) mass is 453 g/mol. The number of fused-ring (bicyclic) bond motifs is 1. The molecule has 1 spiro atoms. The second kappa shape index (κ2) is 10.6. The van der Waals surface area contributed by atoms with Gasteiger partial charge in [0.25, 0.3) is 0 Å². The van der Waals surface area contributed by atoms with Crippen molar-refractivity contribution in [2.45, 2.75) is 81.3 Å². The Kier molecular flexibility index (Phi) is 8.30. The van der Waals surface area contributed by atoms with Gasteiger partial charge in [-0.1, -0.05) is 39.5 Å². The van der Waals surface area contributed by atoms with Gasteiger partial charge in [0.2, 0.25) is 17.7 Å². The van der Waals surface area contributed by atoms with Crippen molar-refractivity contribution in [1.29, 1.82) is 0 Å². The average Bonchev–Trinajstić information content (AvgIpc) is 3.34. The first kappa shape index (κ1) is 24.4. The van der Waals surface area contributed by atoms with Crippen LogP contribution in [0, 0.1) is 17.8 Å². The molecule has 7 nitrogen and oxygen atoms in total. The molecule has 3 aliphatic rings. The molecule has 0 aliphatic carbocycles. The van der Waals surface area contributed by atoms with Crippen LogP contribution < -0.4 is 10.6 Å². The molecule has 3 aliphatic heterocycles. The summed E-state index contributed by atoms with van der Waals surface area (Å²) in [5, 5.41) is 15.0. The van der Waals surface area contributed by atoms with Gasteiger partial charge in [0.15, 0.2) is 0 Å². The minimum absolute atomic E-state index is 0.0222. The Morgan fingerprint density at radius 1 is 1.16 bits per heavy atom. The fraction of sp³-hybridized carbons (Fsp3) is 0.870. The number of carbonyl (C=O) groups is 3. The Labute approximate surface area is 190 Å². The number of aliphatic hydroxyl groups excluding tert-OH is 1. The van der Waals surface area contributed by atoms with Gasteiger partial charge in [-0.05, 0) is 31.6 Å². The maximum Gasteiger partial charge on any atom is 0.244 e. The van der Waals surface area contributed by atoms with Gasteiger partial charge in [0.05, 0.1) is 16.6 Å². The number of hydrogen-bond acceptors (Lipinski definition) is 5. The molecule has 0 radical (unpaired) electrons. The van der Waals surface area contributed by atoms with E-state index in [0.717, 1.165) is 51.4 Å². The number of nitrogens with one attached hydrogen (secondary N) is 2. The van der Waals surface area contributed by atoms with Crippen molar-refractivity contribution < 1.29 is 19.5 Å². The van der Waals surface area contributed by atoms with E-state index in [1.807, 2.05) is 0 Å². The second-order valence-electron chi connectivity index (χ2n) is 9.33. The number of amides is 3. The van der Waals surface area contributed by atoms with Gasteiger partial charge in [-0.15, -0.1) is 11.8 Å². The van der Waals surface area contributed by atoms with Crippen LogP contribution in [0.1, 0.15) is 65.2 Å². The molecule has 2 bridgehead atoms. The molecule has 0 aromatic heterocycles. The van der Waals surface area contributed by atoms with Gasteiger partial charge < -0.3 is 20.6 Å². The summed E-state index contributed by atoms with van der Waals surface area (Å²) in [6.45, 7) is 5.63. The fourth-order valence-electron chi connectivity index (χ4n) is 5.96. The van der Waals surface area contributed by atoms with Gasteiger partial charge >= 0.3 is 0 Å². The summed E-state index contributed by atoms with van der Waals surface area (Å²) in [5.41, 5.74) is 0. The zero-order valence-corrected chi connectivity index (χ0v) is 20.0. The highest BCUT2D eigenvalue weighted by molar-refractivity contribution is 8.02. The van der Waals surface area contributed by atoms with Crippen LogP contribution in [0.2, 0.25) is 0 Å². The van der Waals surface area contributed by atoms with E-state index in [0.29, 0.717) is 13.1 Å². The number of aliphatic hydroxyl groups is 1. The van der Waals surface area contributed by atoms with Crippen molar-refractivity contribution in [3.05, 3.63) is 0 Å². The van der Waals surface area contributed by atoms with E-state index in [4.69, 9.17) is 5.11 Å². The Morgan fingerprint density at radius 3 is 2.58 bits per heavy atom. The van der Waals surface area contributed by atoms with Gasteiger partial charge in [0.1, 0.15) is 6.04 Å². The van der Waals surface area contributed by atoms with Crippen molar-refractivity contribution in [2.75, 3.05) is 26.7 Å². The predicted molar refractivity (Wildman–Crippen MR) is 123 cm³/mol. The van der Waals surface area contributed by atoms with Crippen LogP contribution in [0.25, 0.3) is 0 Å². The first-order chi connectivity index (χ1) is 14.9.